The summed E-state index contributed by atoms with van der Waals surface area (Å²) in [6.45, 7) is 5.04. The summed E-state index contributed by atoms with van der Waals surface area (Å²) in [4.78, 5) is 13.7. The van der Waals surface area contributed by atoms with Crippen LogP contribution >= 0.6 is 23.2 Å². The Labute approximate surface area is 129 Å². The number of amides is 1. The first-order valence-corrected chi connectivity index (χ1v) is 6.95. The Balaban J connectivity index is 2.80. The van der Waals surface area contributed by atoms with Crippen molar-refractivity contribution in [3.05, 3.63) is 28.2 Å². The molecule has 0 radical (unpaired) electrons. The van der Waals surface area contributed by atoms with Gasteiger partial charge in [-0.3, -0.25) is 4.79 Å². The Bertz CT molecular complexity index is 491. The van der Waals surface area contributed by atoms with E-state index >= 15 is 0 Å². The number of hydrogen-bond acceptors (Lipinski definition) is 3. The van der Waals surface area contributed by atoms with Gasteiger partial charge < -0.3 is 14.7 Å². The monoisotopic (exact) mass is 319 g/mol. The summed E-state index contributed by atoms with van der Waals surface area (Å²) in [5, 5.41) is 10.1. The average Bonchev–Trinajstić information content (AvgIpc) is 2.40. The maximum atomic E-state index is 12.3. The summed E-state index contributed by atoms with van der Waals surface area (Å²) >= 11 is 11.8. The Kier molecular flexibility index (Phi) is 5.68. The third-order valence-corrected chi connectivity index (χ3v) is 3.70. The highest BCUT2D eigenvalue weighted by Gasteiger charge is 2.30. The summed E-state index contributed by atoms with van der Waals surface area (Å²) in [6.07, 6.45) is -0.718. The Morgan fingerprint density at radius 1 is 1.45 bits per heavy atom. The molecule has 1 aromatic rings. The molecule has 0 fully saturated rings. The lowest BCUT2D eigenvalue weighted by molar-refractivity contribution is -0.142. The second kappa shape index (κ2) is 6.66. The Hall–Kier alpha value is -0.970. The van der Waals surface area contributed by atoms with Crippen LogP contribution in [0.15, 0.2) is 18.2 Å². The van der Waals surface area contributed by atoms with E-state index in [0.29, 0.717) is 15.8 Å². The first-order chi connectivity index (χ1) is 9.19. The summed E-state index contributed by atoms with van der Waals surface area (Å²) in [5.74, 6) is 0.155. The maximum Gasteiger partial charge on any atom is 0.263 e. The SMILES string of the molecule is CC(Oc1ccc(Cl)cc1Cl)C(=O)N(C)C(C)(C)CO. The van der Waals surface area contributed by atoms with Crippen LogP contribution in [-0.2, 0) is 4.79 Å². The number of aliphatic hydroxyl groups excluding tert-OH is 1. The van der Waals surface area contributed by atoms with Crippen LogP contribution in [0.4, 0.5) is 0 Å². The molecule has 4 nitrogen and oxygen atoms in total. The predicted molar refractivity (Wildman–Crippen MR) is 80.5 cm³/mol. The first-order valence-electron chi connectivity index (χ1n) is 6.19. The minimum Gasteiger partial charge on any atom is -0.479 e. The molecular formula is C14H19Cl2NO3. The quantitative estimate of drug-likeness (QED) is 0.907. The summed E-state index contributed by atoms with van der Waals surface area (Å²) in [5.41, 5.74) is -0.654. The van der Waals surface area contributed by atoms with E-state index in [1.165, 1.54) is 4.90 Å². The highest BCUT2D eigenvalue weighted by atomic mass is 35.5. The van der Waals surface area contributed by atoms with Crippen LogP contribution in [0.5, 0.6) is 5.75 Å². The minimum atomic E-state index is -0.718. The van der Waals surface area contributed by atoms with Gasteiger partial charge in [0.25, 0.3) is 5.91 Å². The topological polar surface area (TPSA) is 49.8 Å². The molecule has 0 saturated carbocycles. The molecule has 1 aromatic carbocycles. The van der Waals surface area contributed by atoms with Crippen LogP contribution in [0.25, 0.3) is 0 Å². The van der Waals surface area contributed by atoms with Gasteiger partial charge in [0.15, 0.2) is 6.10 Å². The third-order valence-electron chi connectivity index (χ3n) is 3.17. The molecule has 0 bridgehead atoms. The number of halogens is 2. The molecule has 1 amide bonds. The molecule has 1 rings (SSSR count). The molecule has 112 valence electrons. The van der Waals surface area contributed by atoms with Crippen molar-refractivity contribution in [1.29, 1.82) is 0 Å². The third kappa shape index (κ3) is 4.01. The summed E-state index contributed by atoms with van der Waals surface area (Å²) in [6, 6.07) is 4.81. The van der Waals surface area contributed by atoms with Crippen LogP contribution in [0.3, 0.4) is 0 Å². The van der Waals surface area contributed by atoms with Crippen LogP contribution in [0, 0.1) is 0 Å². The number of aliphatic hydroxyl groups is 1. The van der Waals surface area contributed by atoms with Gasteiger partial charge in [0.1, 0.15) is 5.75 Å². The van der Waals surface area contributed by atoms with Crippen molar-refractivity contribution in [1.82, 2.24) is 4.90 Å². The van der Waals surface area contributed by atoms with Gasteiger partial charge in [-0.15, -0.1) is 0 Å². The van der Waals surface area contributed by atoms with Gasteiger partial charge in [0.2, 0.25) is 0 Å². The lowest BCUT2D eigenvalue weighted by Crippen LogP contribution is -2.51. The summed E-state index contributed by atoms with van der Waals surface area (Å²) in [7, 11) is 1.63. The molecule has 0 aliphatic rings. The van der Waals surface area contributed by atoms with Crippen molar-refractivity contribution in [2.24, 2.45) is 0 Å². The van der Waals surface area contributed by atoms with Crippen molar-refractivity contribution in [3.63, 3.8) is 0 Å². The molecule has 1 unspecified atom stereocenters. The molecule has 6 heteroatoms. The molecule has 0 aromatic heterocycles. The van der Waals surface area contributed by atoms with Gasteiger partial charge in [-0.2, -0.15) is 0 Å². The number of carbonyl (C=O) groups excluding carboxylic acids is 1. The molecule has 0 aliphatic heterocycles. The van der Waals surface area contributed by atoms with Crippen LogP contribution in [0.2, 0.25) is 10.0 Å². The number of likely N-dealkylation sites (N-methyl/N-ethyl adjacent to an activating group) is 1. The van der Waals surface area contributed by atoms with Crippen molar-refractivity contribution >= 4 is 29.1 Å². The Morgan fingerprint density at radius 2 is 2.05 bits per heavy atom. The molecule has 20 heavy (non-hydrogen) atoms. The minimum absolute atomic E-state index is 0.135. The standard InChI is InChI=1S/C14H19Cl2NO3/c1-9(13(19)17(4)14(2,3)8-18)20-12-6-5-10(15)7-11(12)16/h5-7,9,18H,8H2,1-4H3. The Morgan fingerprint density at radius 3 is 2.55 bits per heavy atom. The predicted octanol–water partition coefficient (Wildman–Crippen LogP) is 2.99. The zero-order valence-corrected chi connectivity index (χ0v) is 13.5. The number of nitrogens with zero attached hydrogens (tertiary/aromatic N) is 1. The zero-order chi connectivity index (χ0) is 15.5. The van der Waals surface area contributed by atoms with Gasteiger partial charge in [0.05, 0.1) is 17.2 Å². The lowest BCUT2D eigenvalue weighted by atomic mass is 10.0. The first kappa shape index (κ1) is 17.1. The highest BCUT2D eigenvalue weighted by Crippen LogP contribution is 2.28. The molecular weight excluding hydrogens is 301 g/mol. The van der Waals surface area contributed by atoms with Crippen molar-refractivity contribution < 1.29 is 14.6 Å². The fraction of sp³-hybridized carbons (Fsp3) is 0.500. The number of benzene rings is 1. The van der Waals surface area contributed by atoms with Crippen LogP contribution < -0.4 is 4.74 Å². The smallest absolute Gasteiger partial charge is 0.263 e. The normalized spacial score (nSPS) is 12.9. The van der Waals surface area contributed by atoms with E-state index in [-0.39, 0.29) is 12.5 Å². The number of ether oxygens (including phenoxy) is 1. The largest absolute Gasteiger partial charge is 0.479 e. The van der Waals surface area contributed by atoms with Crippen LogP contribution in [0.1, 0.15) is 20.8 Å². The van der Waals surface area contributed by atoms with Crippen molar-refractivity contribution in [2.75, 3.05) is 13.7 Å². The van der Waals surface area contributed by atoms with E-state index in [1.54, 1.807) is 46.0 Å². The average molecular weight is 320 g/mol. The molecule has 0 spiro atoms. The van der Waals surface area contributed by atoms with Crippen LogP contribution in [-0.4, -0.2) is 41.2 Å². The van der Waals surface area contributed by atoms with Crippen molar-refractivity contribution in [2.45, 2.75) is 32.4 Å². The van der Waals surface area contributed by atoms with Gasteiger partial charge >= 0.3 is 0 Å². The maximum absolute atomic E-state index is 12.3. The molecule has 0 saturated heterocycles. The van der Waals surface area contributed by atoms with Gasteiger partial charge in [-0.05, 0) is 39.0 Å². The second-order valence-electron chi connectivity index (χ2n) is 5.20. The molecule has 0 aliphatic carbocycles. The van der Waals surface area contributed by atoms with Gasteiger partial charge in [-0.25, -0.2) is 0 Å². The van der Waals surface area contributed by atoms with E-state index in [1.807, 2.05) is 0 Å². The number of carbonyl (C=O) groups is 1. The molecule has 1 N–H and O–H groups in total. The van der Waals surface area contributed by atoms with Gasteiger partial charge in [0, 0.05) is 12.1 Å². The molecule has 0 heterocycles. The van der Waals surface area contributed by atoms with Gasteiger partial charge in [-0.1, -0.05) is 23.2 Å². The van der Waals surface area contributed by atoms with Crippen molar-refractivity contribution in [3.8, 4) is 5.75 Å². The lowest BCUT2D eigenvalue weighted by Gasteiger charge is -2.35. The fourth-order valence-corrected chi connectivity index (χ4v) is 1.94. The molecule has 1 atom stereocenters. The van der Waals surface area contributed by atoms with E-state index in [9.17, 15) is 9.90 Å². The van der Waals surface area contributed by atoms with E-state index < -0.39 is 11.6 Å². The number of hydrogen-bond donors (Lipinski definition) is 1. The number of rotatable bonds is 5. The second-order valence-corrected chi connectivity index (χ2v) is 6.05. The van der Waals surface area contributed by atoms with E-state index in [4.69, 9.17) is 27.9 Å². The highest BCUT2D eigenvalue weighted by molar-refractivity contribution is 6.35. The van der Waals surface area contributed by atoms with E-state index in [0.717, 1.165) is 0 Å². The fourth-order valence-electron chi connectivity index (χ4n) is 1.49. The van der Waals surface area contributed by atoms with E-state index in [2.05, 4.69) is 0 Å². The summed E-state index contributed by atoms with van der Waals surface area (Å²) < 4.78 is 5.56. The zero-order valence-electron chi connectivity index (χ0n) is 12.0.